The van der Waals surface area contributed by atoms with Gasteiger partial charge in [-0.2, -0.15) is 5.26 Å². The summed E-state index contributed by atoms with van der Waals surface area (Å²) < 4.78 is 0. The van der Waals surface area contributed by atoms with E-state index in [0.29, 0.717) is 5.02 Å². The Labute approximate surface area is 109 Å². The second-order valence-corrected chi connectivity index (χ2v) is 3.98. The maximum atomic E-state index is 11.5. The van der Waals surface area contributed by atoms with Gasteiger partial charge in [0.1, 0.15) is 0 Å². The van der Waals surface area contributed by atoms with Crippen LogP contribution in [0.1, 0.15) is 23.7 Å². The molecule has 0 aliphatic rings. The van der Waals surface area contributed by atoms with Crippen molar-refractivity contribution in [1.29, 1.82) is 5.26 Å². The number of carboxylic acids is 1. The van der Waals surface area contributed by atoms with E-state index < -0.39 is 5.97 Å². The number of amides is 1. The normalized spacial score (nSPS) is 9.61. The summed E-state index contributed by atoms with van der Waals surface area (Å²) in [5.74, 6) is -1.49. The summed E-state index contributed by atoms with van der Waals surface area (Å²) in [4.78, 5) is 23.8. The van der Waals surface area contributed by atoms with Crippen molar-refractivity contribution in [2.75, 3.05) is 11.4 Å². The third kappa shape index (κ3) is 3.22. The minimum absolute atomic E-state index is 0.0208. The fraction of sp³-hybridized carbons (Fsp3) is 0.250. The van der Waals surface area contributed by atoms with Crippen LogP contribution < -0.4 is 4.90 Å². The highest BCUT2D eigenvalue weighted by atomic mass is 35.5. The Balaban J connectivity index is 3.25. The van der Waals surface area contributed by atoms with Crippen molar-refractivity contribution >= 4 is 29.2 Å². The molecule has 0 unspecified atom stereocenters. The molecule has 0 saturated heterocycles. The molecule has 0 spiro atoms. The average Bonchev–Trinajstić information content (AvgIpc) is 2.28. The molecular formula is C12H11ClN2O3. The van der Waals surface area contributed by atoms with Gasteiger partial charge in [0, 0.05) is 18.5 Å². The van der Waals surface area contributed by atoms with Gasteiger partial charge in [-0.15, -0.1) is 0 Å². The Hall–Kier alpha value is -2.06. The summed E-state index contributed by atoms with van der Waals surface area (Å²) in [6.45, 7) is 1.44. The smallest absolute Gasteiger partial charge is 0.337 e. The van der Waals surface area contributed by atoms with Crippen molar-refractivity contribution < 1.29 is 14.7 Å². The van der Waals surface area contributed by atoms with E-state index >= 15 is 0 Å². The van der Waals surface area contributed by atoms with Gasteiger partial charge in [-0.05, 0) is 18.2 Å². The van der Waals surface area contributed by atoms with Crippen molar-refractivity contribution in [2.24, 2.45) is 0 Å². The van der Waals surface area contributed by atoms with Crippen molar-refractivity contribution in [3.8, 4) is 6.07 Å². The number of rotatable bonds is 4. The quantitative estimate of drug-likeness (QED) is 0.907. The molecule has 0 bridgehead atoms. The molecule has 0 radical (unpaired) electrons. The number of carbonyl (C=O) groups excluding carboxylic acids is 1. The molecule has 0 aromatic heterocycles. The zero-order valence-electron chi connectivity index (χ0n) is 9.68. The van der Waals surface area contributed by atoms with Gasteiger partial charge in [-0.25, -0.2) is 4.79 Å². The van der Waals surface area contributed by atoms with Gasteiger partial charge in [0.25, 0.3) is 0 Å². The predicted octanol–water partition coefficient (Wildman–Crippen LogP) is 2.30. The second kappa shape index (κ2) is 6.03. The lowest BCUT2D eigenvalue weighted by Crippen LogP contribution is -2.30. The molecule has 1 rings (SSSR count). The Bertz CT molecular complexity index is 523. The molecule has 1 amide bonds. The lowest BCUT2D eigenvalue weighted by molar-refractivity contribution is -0.116. The van der Waals surface area contributed by atoms with Crippen LogP contribution >= 0.6 is 11.6 Å². The molecule has 1 N–H and O–H groups in total. The van der Waals surface area contributed by atoms with Gasteiger partial charge in [-0.3, -0.25) is 4.79 Å². The number of hydrogen-bond donors (Lipinski definition) is 1. The third-order valence-electron chi connectivity index (χ3n) is 2.31. The largest absolute Gasteiger partial charge is 0.478 e. The zero-order valence-corrected chi connectivity index (χ0v) is 10.4. The SMILES string of the molecule is CC(=O)N(CCC#N)c1cc(Cl)ccc1C(=O)O. The van der Waals surface area contributed by atoms with Crippen LogP contribution in [0.5, 0.6) is 0 Å². The Morgan fingerprint density at radius 1 is 1.50 bits per heavy atom. The molecule has 6 heteroatoms. The minimum atomic E-state index is -1.15. The van der Waals surface area contributed by atoms with Gasteiger partial charge in [0.15, 0.2) is 0 Å². The highest BCUT2D eigenvalue weighted by Crippen LogP contribution is 2.25. The van der Waals surface area contributed by atoms with Gasteiger partial charge in [0.05, 0.1) is 23.7 Å². The molecule has 0 heterocycles. The number of halogens is 1. The molecule has 0 aliphatic heterocycles. The topological polar surface area (TPSA) is 81.4 Å². The Morgan fingerprint density at radius 2 is 2.17 bits per heavy atom. The van der Waals surface area contributed by atoms with Gasteiger partial charge in [0.2, 0.25) is 5.91 Å². The molecule has 5 nitrogen and oxygen atoms in total. The van der Waals surface area contributed by atoms with E-state index in [4.69, 9.17) is 22.0 Å². The number of aromatic carboxylic acids is 1. The number of benzene rings is 1. The van der Waals surface area contributed by atoms with Crippen LogP contribution in [-0.2, 0) is 4.79 Å². The molecule has 0 saturated carbocycles. The summed E-state index contributed by atoms with van der Waals surface area (Å²) in [5.41, 5.74) is 0.185. The van der Waals surface area contributed by atoms with Crippen LogP contribution in [0.25, 0.3) is 0 Å². The Morgan fingerprint density at radius 3 is 2.67 bits per heavy atom. The van der Waals surface area contributed by atoms with Crippen molar-refractivity contribution in [3.63, 3.8) is 0 Å². The summed E-state index contributed by atoms with van der Waals surface area (Å²) in [6.07, 6.45) is 0.116. The second-order valence-electron chi connectivity index (χ2n) is 3.55. The fourth-order valence-corrected chi connectivity index (χ4v) is 1.68. The number of carboxylic acid groups (broad SMARTS) is 1. The van der Waals surface area contributed by atoms with Gasteiger partial charge >= 0.3 is 5.97 Å². The van der Waals surface area contributed by atoms with Crippen LogP contribution in [0, 0.1) is 11.3 Å². The third-order valence-corrected chi connectivity index (χ3v) is 2.54. The first-order valence-corrected chi connectivity index (χ1v) is 5.53. The highest BCUT2D eigenvalue weighted by Gasteiger charge is 2.19. The van der Waals surface area contributed by atoms with E-state index in [9.17, 15) is 9.59 Å². The first-order valence-electron chi connectivity index (χ1n) is 5.15. The van der Waals surface area contributed by atoms with E-state index in [-0.39, 0.29) is 30.1 Å². The summed E-state index contributed by atoms with van der Waals surface area (Å²) in [7, 11) is 0. The fourth-order valence-electron chi connectivity index (χ4n) is 1.52. The molecule has 94 valence electrons. The van der Waals surface area contributed by atoms with Gasteiger partial charge < -0.3 is 10.0 Å². The molecule has 1 aromatic rings. The van der Waals surface area contributed by atoms with Crippen LogP contribution in [0.3, 0.4) is 0 Å². The van der Waals surface area contributed by atoms with E-state index in [1.165, 1.54) is 30.0 Å². The highest BCUT2D eigenvalue weighted by molar-refractivity contribution is 6.31. The number of hydrogen-bond acceptors (Lipinski definition) is 3. The van der Waals surface area contributed by atoms with Gasteiger partial charge in [-0.1, -0.05) is 11.6 Å². The molecule has 1 aromatic carbocycles. The monoisotopic (exact) mass is 266 g/mol. The zero-order chi connectivity index (χ0) is 13.7. The van der Waals surface area contributed by atoms with Crippen LogP contribution in [0.2, 0.25) is 5.02 Å². The molecule has 0 aliphatic carbocycles. The van der Waals surface area contributed by atoms with Crippen LogP contribution in [-0.4, -0.2) is 23.5 Å². The number of nitrogens with zero attached hydrogens (tertiary/aromatic N) is 2. The molecule has 0 atom stereocenters. The first-order chi connectivity index (χ1) is 8.47. The van der Waals surface area contributed by atoms with Crippen LogP contribution in [0.4, 0.5) is 5.69 Å². The lowest BCUT2D eigenvalue weighted by Gasteiger charge is -2.21. The van der Waals surface area contributed by atoms with Crippen molar-refractivity contribution in [2.45, 2.75) is 13.3 Å². The summed E-state index contributed by atoms with van der Waals surface area (Å²) in [5, 5.41) is 17.9. The average molecular weight is 267 g/mol. The van der Waals surface area contributed by atoms with E-state index in [0.717, 1.165) is 0 Å². The Kier molecular flexibility index (Phi) is 4.69. The van der Waals surface area contributed by atoms with Crippen molar-refractivity contribution in [1.82, 2.24) is 0 Å². The lowest BCUT2D eigenvalue weighted by atomic mass is 10.1. The number of nitriles is 1. The predicted molar refractivity (Wildman–Crippen MR) is 66.7 cm³/mol. The molecular weight excluding hydrogens is 256 g/mol. The molecule has 0 fully saturated rings. The maximum Gasteiger partial charge on any atom is 0.337 e. The maximum absolute atomic E-state index is 11.5. The number of carbonyl (C=O) groups is 2. The summed E-state index contributed by atoms with van der Waals surface area (Å²) in [6, 6.07) is 6.10. The minimum Gasteiger partial charge on any atom is -0.478 e. The van der Waals surface area contributed by atoms with Crippen LogP contribution in [0.15, 0.2) is 18.2 Å². The standard InChI is InChI=1S/C12H11ClN2O3/c1-8(16)15(6-2-5-14)11-7-9(13)3-4-10(11)12(17)18/h3-4,7H,2,6H2,1H3,(H,17,18). The van der Waals surface area contributed by atoms with E-state index in [1.807, 2.05) is 6.07 Å². The first kappa shape index (κ1) is 14.0. The number of anilines is 1. The molecule has 18 heavy (non-hydrogen) atoms. The van der Waals surface area contributed by atoms with Crippen molar-refractivity contribution in [3.05, 3.63) is 28.8 Å². The van der Waals surface area contributed by atoms with E-state index in [1.54, 1.807) is 0 Å². The van der Waals surface area contributed by atoms with E-state index in [2.05, 4.69) is 0 Å². The summed E-state index contributed by atoms with van der Waals surface area (Å²) >= 11 is 5.81.